The first-order valence-electron chi connectivity index (χ1n) is 8.57. The molecular weight excluding hydrogens is 376 g/mol. The van der Waals surface area contributed by atoms with Crippen LogP contribution in [0.4, 0.5) is 8.78 Å². The lowest BCUT2D eigenvalue weighted by atomic mass is 9.99. The third-order valence-corrected chi connectivity index (χ3v) is 6.07. The van der Waals surface area contributed by atoms with Gasteiger partial charge in [-0.05, 0) is 18.2 Å². The van der Waals surface area contributed by atoms with E-state index in [1.54, 1.807) is 19.1 Å². The van der Waals surface area contributed by atoms with Gasteiger partial charge in [-0.2, -0.15) is 4.31 Å². The Kier molecular flexibility index (Phi) is 5.34. The van der Waals surface area contributed by atoms with E-state index in [-0.39, 0.29) is 18.7 Å². The highest BCUT2D eigenvalue weighted by Gasteiger charge is 2.35. The van der Waals surface area contributed by atoms with E-state index in [9.17, 15) is 22.0 Å². The van der Waals surface area contributed by atoms with E-state index in [1.165, 1.54) is 11.0 Å². The van der Waals surface area contributed by atoms with Crippen LogP contribution in [-0.4, -0.2) is 54.0 Å². The number of benzene rings is 1. The van der Waals surface area contributed by atoms with Crippen molar-refractivity contribution in [3.05, 3.63) is 59.4 Å². The molecule has 1 aromatic heterocycles. The molecule has 2 aromatic rings. The van der Waals surface area contributed by atoms with Crippen LogP contribution in [0.3, 0.4) is 0 Å². The standard InChI is InChI=1S/C18H21F2N3O3S/c1-3-22(27(2,25)26)12-17(24)23-10-9-21-8-4-5-16(21)18(23)14-7-6-13(19)11-15(14)20/h4-8,11,18H,3,9-10,12H2,1-2H3/t18-/m0/s1. The fourth-order valence-electron chi connectivity index (χ4n) is 3.41. The van der Waals surface area contributed by atoms with Crippen molar-refractivity contribution < 1.29 is 22.0 Å². The van der Waals surface area contributed by atoms with E-state index < -0.39 is 33.6 Å². The predicted octanol–water partition coefficient (Wildman–Crippen LogP) is 1.98. The van der Waals surface area contributed by atoms with Crippen molar-refractivity contribution in [1.82, 2.24) is 13.8 Å². The van der Waals surface area contributed by atoms with Gasteiger partial charge in [0.15, 0.2) is 0 Å². The summed E-state index contributed by atoms with van der Waals surface area (Å²) in [4.78, 5) is 14.4. The van der Waals surface area contributed by atoms with Gasteiger partial charge in [0.05, 0.1) is 12.8 Å². The van der Waals surface area contributed by atoms with Gasteiger partial charge in [-0.25, -0.2) is 17.2 Å². The predicted molar refractivity (Wildman–Crippen MR) is 96.4 cm³/mol. The number of aromatic nitrogens is 1. The zero-order valence-electron chi connectivity index (χ0n) is 15.1. The Bertz CT molecular complexity index is 959. The first kappa shape index (κ1) is 19.5. The van der Waals surface area contributed by atoms with E-state index in [0.29, 0.717) is 18.8 Å². The van der Waals surface area contributed by atoms with Gasteiger partial charge >= 0.3 is 0 Å². The maximum absolute atomic E-state index is 14.5. The number of sulfonamides is 1. The molecule has 9 heteroatoms. The van der Waals surface area contributed by atoms with Gasteiger partial charge in [-0.15, -0.1) is 0 Å². The van der Waals surface area contributed by atoms with Crippen LogP contribution in [0.5, 0.6) is 0 Å². The summed E-state index contributed by atoms with van der Waals surface area (Å²) in [5, 5.41) is 0. The molecule has 0 spiro atoms. The number of fused-ring (bicyclic) bond motifs is 1. The van der Waals surface area contributed by atoms with Crippen molar-refractivity contribution >= 4 is 15.9 Å². The molecule has 1 amide bonds. The number of likely N-dealkylation sites (N-methyl/N-ethyl adjacent to an activating group) is 1. The van der Waals surface area contributed by atoms with E-state index >= 15 is 0 Å². The molecule has 27 heavy (non-hydrogen) atoms. The number of hydrogen-bond acceptors (Lipinski definition) is 3. The number of rotatable bonds is 5. The minimum Gasteiger partial charge on any atom is -0.348 e. The second-order valence-corrected chi connectivity index (χ2v) is 8.45. The second kappa shape index (κ2) is 7.40. The van der Waals surface area contributed by atoms with Crippen molar-refractivity contribution in [3.63, 3.8) is 0 Å². The van der Waals surface area contributed by atoms with Crippen LogP contribution in [0.15, 0.2) is 36.5 Å². The molecule has 1 aliphatic rings. The third-order valence-electron chi connectivity index (χ3n) is 4.75. The molecule has 3 rings (SSSR count). The molecule has 0 radical (unpaired) electrons. The van der Waals surface area contributed by atoms with Crippen molar-refractivity contribution in [1.29, 1.82) is 0 Å². The molecular formula is C18H21F2N3O3S. The summed E-state index contributed by atoms with van der Waals surface area (Å²) in [5.41, 5.74) is 0.870. The topological polar surface area (TPSA) is 62.6 Å². The first-order valence-corrected chi connectivity index (χ1v) is 10.4. The number of carbonyl (C=O) groups is 1. The minimum atomic E-state index is -3.54. The van der Waals surface area contributed by atoms with Crippen molar-refractivity contribution in [2.45, 2.75) is 19.5 Å². The van der Waals surface area contributed by atoms with Crippen molar-refractivity contribution in [2.75, 3.05) is 25.9 Å². The Morgan fingerprint density at radius 1 is 1.26 bits per heavy atom. The molecule has 0 N–H and O–H groups in total. The maximum Gasteiger partial charge on any atom is 0.238 e. The van der Waals surface area contributed by atoms with Crippen LogP contribution in [-0.2, 0) is 21.4 Å². The molecule has 0 saturated carbocycles. The molecule has 0 unspecified atom stereocenters. The van der Waals surface area contributed by atoms with Gasteiger partial charge in [0, 0.05) is 43.2 Å². The van der Waals surface area contributed by atoms with Crippen LogP contribution in [0.1, 0.15) is 24.2 Å². The molecule has 1 atom stereocenters. The average molecular weight is 397 g/mol. The monoisotopic (exact) mass is 397 g/mol. The molecule has 0 fully saturated rings. The van der Waals surface area contributed by atoms with E-state index in [0.717, 1.165) is 22.7 Å². The Labute approximate surface area is 157 Å². The molecule has 0 aliphatic carbocycles. The molecule has 1 aliphatic heterocycles. The van der Waals surface area contributed by atoms with Gasteiger partial charge in [0.25, 0.3) is 0 Å². The Morgan fingerprint density at radius 2 is 2.00 bits per heavy atom. The summed E-state index contributed by atoms with van der Waals surface area (Å²) in [7, 11) is -3.54. The largest absolute Gasteiger partial charge is 0.348 e. The van der Waals surface area contributed by atoms with Crippen LogP contribution in [0, 0.1) is 11.6 Å². The fourth-order valence-corrected chi connectivity index (χ4v) is 4.22. The lowest BCUT2D eigenvalue weighted by Gasteiger charge is -2.38. The quantitative estimate of drug-likeness (QED) is 0.775. The highest BCUT2D eigenvalue weighted by Crippen LogP contribution is 2.34. The smallest absolute Gasteiger partial charge is 0.238 e. The molecule has 1 aromatic carbocycles. The average Bonchev–Trinajstić information content (AvgIpc) is 3.06. The minimum absolute atomic E-state index is 0.157. The van der Waals surface area contributed by atoms with Crippen molar-refractivity contribution in [3.8, 4) is 0 Å². The summed E-state index contributed by atoms with van der Waals surface area (Å²) in [5.74, 6) is -1.87. The number of amides is 1. The van der Waals surface area contributed by atoms with Gasteiger partial charge in [-0.1, -0.05) is 13.0 Å². The molecule has 0 bridgehead atoms. The number of carbonyl (C=O) groups excluding carboxylic acids is 1. The lowest BCUT2D eigenvalue weighted by molar-refractivity contribution is -0.134. The van der Waals surface area contributed by atoms with E-state index in [1.807, 2.05) is 10.8 Å². The van der Waals surface area contributed by atoms with E-state index in [2.05, 4.69) is 0 Å². The molecule has 0 saturated heterocycles. The summed E-state index contributed by atoms with van der Waals surface area (Å²) in [6, 6.07) is 6.09. The highest BCUT2D eigenvalue weighted by molar-refractivity contribution is 7.88. The first-order chi connectivity index (χ1) is 12.7. The maximum atomic E-state index is 14.5. The normalized spacial score (nSPS) is 17.2. The summed E-state index contributed by atoms with van der Waals surface area (Å²) < 4.78 is 54.5. The zero-order valence-corrected chi connectivity index (χ0v) is 15.9. The number of hydrogen-bond donors (Lipinski definition) is 0. The summed E-state index contributed by atoms with van der Waals surface area (Å²) in [6.45, 7) is 2.29. The molecule has 2 heterocycles. The summed E-state index contributed by atoms with van der Waals surface area (Å²) in [6.07, 6.45) is 2.88. The number of halogens is 2. The Hall–Kier alpha value is -2.26. The van der Waals surface area contributed by atoms with Crippen LogP contribution >= 0.6 is 0 Å². The third kappa shape index (κ3) is 3.89. The van der Waals surface area contributed by atoms with Crippen LogP contribution in [0.2, 0.25) is 0 Å². The van der Waals surface area contributed by atoms with Gasteiger partial charge in [-0.3, -0.25) is 4.79 Å². The van der Waals surface area contributed by atoms with Gasteiger partial charge < -0.3 is 9.47 Å². The van der Waals surface area contributed by atoms with E-state index in [4.69, 9.17) is 0 Å². The molecule has 146 valence electrons. The Balaban J connectivity index is 1.99. The fraction of sp³-hybridized carbons (Fsp3) is 0.389. The SMILES string of the molecule is CCN(CC(=O)N1CCn2cccc2[C@@H]1c1ccc(F)cc1F)S(C)(=O)=O. The Morgan fingerprint density at radius 3 is 2.63 bits per heavy atom. The molecule has 6 nitrogen and oxygen atoms in total. The highest BCUT2D eigenvalue weighted by atomic mass is 32.2. The van der Waals surface area contributed by atoms with Gasteiger partial charge in [0.2, 0.25) is 15.9 Å². The van der Waals surface area contributed by atoms with Crippen LogP contribution in [0.25, 0.3) is 0 Å². The van der Waals surface area contributed by atoms with Crippen LogP contribution < -0.4 is 0 Å². The number of nitrogens with zero attached hydrogens (tertiary/aromatic N) is 3. The van der Waals surface area contributed by atoms with Crippen molar-refractivity contribution in [2.24, 2.45) is 0 Å². The zero-order chi connectivity index (χ0) is 19.8. The summed E-state index contributed by atoms with van der Waals surface area (Å²) >= 11 is 0. The van der Waals surface area contributed by atoms with Gasteiger partial charge in [0.1, 0.15) is 17.7 Å². The second-order valence-electron chi connectivity index (χ2n) is 6.47. The lowest BCUT2D eigenvalue weighted by Crippen LogP contribution is -2.47.